The van der Waals surface area contributed by atoms with E-state index in [2.05, 4.69) is 69.2 Å². The van der Waals surface area contributed by atoms with Crippen LogP contribution in [-0.2, 0) is 0 Å². The second-order valence-electron chi connectivity index (χ2n) is 4.01. The first-order chi connectivity index (χ1) is 7.63. The molecule has 0 heterocycles. The van der Waals surface area contributed by atoms with Crippen LogP contribution in [0.15, 0.2) is 27.1 Å². The lowest BCUT2D eigenvalue weighted by molar-refractivity contribution is 0.358. The zero-order chi connectivity index (χ0) is 12.1. The standard InChI is InChI=1S/C13H19Br2N/c1-4-9(5-2)13(16-3)11-7-6-10(14)8-12(11)15/h6-9,13,16H,4-5H2,1-3H3. The van der Waals surface area contributed by atoms with Gasteiger partial charge >= 0.3 is 0 Å². The highest BCUT2D eigenvalue weighted by molar-refractivity contribution is 9.11. The van der Waals surface area contributed by atoms with Crippen molar-refractivity contribution < 1.29 is 0 Å². The maximum atomic E-state index is 3.65. The van der Waals surface area contributed by atoms with Crippen molar-refractivity contribution in [2.24, 2.45) is 5.92 Å². The van der Waals surface area contributed by atoms with E-state index in [0.717, 1.165) is 4.47 Å². The Morgan fingerprint density at radius 1 is 1.19 bits per heavy atom. The molecule has 0 radical (unpaired) electrons. The van der Waals surface area contributed by atoms with Crippen LogP contribution in [0.4, 0.5) is 0 Å². The molecule has 1 rings (SSSR count). The summed E-state index contributed by atoms with van der Waals surface area (Å²) in [6.07, 6.45) is 2.40. The third kappa shape index (κ3) is 3.31. The van der Waals surface area contributed by atoms with Gasteiger partial charge in [0, 0.05) is 15.0 Å². The fourth-order valence-electron chi connectivity index (χ4n) is 2.16. The van der Waals surface area contributed by atoms with Gasteiger partial charge in [0.25, 0.3) is 0 Å². The summed E-state index contributed by atoms with van der Waals surface area (Å²) in [6, 6.07) is 6.83. The van der Waals surface area contributed by atoms with Crippen molar-refractivity contribution in [1.29, 1.82) is 0 Å². The van der Waals surface area contributed by atoms with E-state index in [4.69, 9.17) is 0 Å². The molecule has 0 amide bonds. The van der Waals surface area contributed by atoms with Gasteiger partial charge in [0.15, 0.2) is 0 Å². The predicted molar refractivity (Wildman–Crippen MR) is 77.7 cm³/mol. The Morgan fingerprint density at radius 3 is 2.25 bits per heavy atom. The quantitative estimate of drug-likeness (QED) is 0.797. The molecule has 1 unspecified atom stereocenters. The van der Waals surface area contributed by atoms with E-state index in [1.54, 1.807) is 0 Å². The molecule has 0 saturated heterocycles. The van der Waals surface area contributed by atoms with E-state index in [1.807, 2.05) is 7.05 Å². The number of hydrogen-bond donors (Lipinski definition) is 1. The van der Waals surface area contributed by atoms with E-state index in [0.29, 0.717) is 12.0 Å². The fourth-order valence-corrected chi connectivity index (χ4v) is 3.45. The number of nitrogens with one attached hydrogen (secondary N) is 1. The molecule has 1 aromatic carbocycles. The lowest BCUT2D eigenvalue weighted by Gasteiger charge is -2.26. The van der Waals surface area contributed by atoms with Gasteiger partial charge in [-0.05, 0) is 30.7 Å². The van der Waals surface area contributed by atoms with Crippen molar-refractivity contribution >= 4 is 31.9 Å². The predicted octanol–water partition coefficient (Wildman–Crippen LogP) is 4.91. The Morgan fingerprint density at radius 2 is 1.81 bits per heavy atom. The van der Waals surface area contributed by atoms with Crippen LogP contribution in [-0.4, -0.2) is 7.05 Å². The summed E-state index contributed by atoms with van der Waals surface area (Å²) in [5.74, 6) is 0.683. The number of halogens is 2. The average molecular weight is 349 g/mol. The molecule has 90 valence electrons. The molecular weight excluding hydrogens is 330 g/mol. The van der Waals surface area contributed by atoms with Crippen LogP contribution >= 0.6 is 31.9 Å². The van der Waals surface area contributed by atoms with Gasteiger partial charge < -0.3 is 5.32 Å². The molecule has 0 aliphatic rings. The first-order valence-corrected chi connectivity index (χ1v) is 7.34. The largest absolute Gasteiger partial charge is 0.313 e. The molecule has 0 aliphatic carbocycles. The zero-order valence-corrected chi connectivity index (χ0v) is 13.2. The van der Waals surface area contributed by atoms with Gasteiger partial charge in [0.2, 0.25) is 0 Å². The molecule has 16 heavy (non-hydrogen) atoms. The van der Waals surface area contributed by atoms with E-state index in [1.165, 1.54) is 22.9 Å². The summed E-state index contributed by atoms with van der Waals surface area (Å²) >= 11 is 7.13. The monoisotopic (exact) mass is 347 g/mol. The molecule has 0 spiro atoms. The minimum absolute atomic E-state index is 0.428. The highest BCUT2D eigenvalue weighted by Crippen LogP contribution is 2.33. The lowest BCUT2D eigenvalue weighted by Crippen LogP contribution is -2.24. The second-order valence-corrected chi connectivity index (χ2v) is 5.78. The summed E-state index contributed by atoms with van der Waals surface area (Å²) in [6.45, 7) is 4.51. The van der Waals surface area contributed by atoms with E-state index < -0.39 is 0 Å². The summed E-state index contributed by atoms with van der Waals surface area (Å²) < 4.78 is 2.29. The van der Waals surface area contributed by atoms with Crippen LogP contribution in [0.3, 0.4) is 0 Å². The van der Waals surface area contributed by atoms with E-state index in [9.17, 15) is 0 Å². The summed E-state index contributed by atoms with van der Waals surface area (Å²) in [7, 11) is 2.04. The molecule has 0 aromatic heterocycles. The van der Waals surface area contributed by atoms with Crippen LogP contribution in [0.1, 0.15) is 38.3 Å². The Balaban J connectivity index is 3.03. The van der Waals surface area contributed by atoms with Gasteiger partial charge in [-0.2, -0.15) is 0 Å². The van der Waals surface area contributed by atoms with Gasteiger partial charge in [-0.1, -0.05) is 64.6 Å². The summed E-state index contributed by atoms with van der Waals surface area (Å²) in [5.41, 5.74) is 1.35. The van der Waals surface area contributed by atoms with E-state index in [-0.39, 0.29) is 0 Å². The van der Waals surface area contributed by atoms with Gasteiger partial charge in [-0.3, -0.25) is 0 Å². The molecule has 1 N–H and O–H groups in total. The molecule has 0 bridgehead atoms. The molecule has 0 fully saturated rings. The Kier molecular flexibility index (Phi) is 6.01. The number of benzene rings is 1. The number of hydrogen-bond acceptors (Lipinski definition) is 1. The highest BCUT2D eigenvalue weighted by atomic mass is 79.9. The van der Waals surface area contributed by atoms with Crippen molar-refractivity contribution in [2.45, 2.75) is 32.7 Å². The fraction of sp³-hybridized carbons (Fsp3) is 0.538. The normalized spacial score (nSPS) is 13.1. The minimum Gasteiger partial charge on any atom is -0.313 e. The van der Waals surface area contributed by atoms with Crippen LogP contribution in [0.25, 0.3) is 0 Å². The molecule has 1 aromatic rings. The third-order valence-electron chi connectivity index (χ3n) is 3.13. The van der Waals surface area contributed by atoms with Gasteiger partial charge in [0.05, 0.1) is 0 Å². The van der Waals surface area contributed by atoms with Crippen molar-refractivity contribution in [1.82, 2.24) is 5.32 Å². The molecule has 0 saturated carbocycles. The maximum absolute atomic E-state index is 3.65. The zero-order valence-electron chi connectivity index (χ0n) is 10.1. The Bertz CT molecular complexity index is 335. The average Bonchev–Trinajstić information content (AvgIpc) is 2.27. The van der Waals surface area contributed by atoms with Gasteiger partial charge in [-0.15, -0.1) is 0 Å². The van der Waals surface area contributed by atoms with Crippen molar-refractivity contribution in [3.63, 3.8) is 0 Å². The first kappa shape index (κ1) is 14.2. The first-order valence-electron chi connectivity index (χ1n) is 5.76. The Labute approximate surface area is 115 Å². The molecular formula is C13H19Br2N. The van der Waals surface area contributed by atoms with Crippen molar-refractivity contribution in [3.05, 3.63) is 32.7 Å². The lowest BCUT2D eigenvalue weighted by atomic mass is 9.89. The molecule has 1 atom stereocenters. The van der Waals surface area contributed by atoms with Crippen LogP contribution in [0, 0.1) is 5.92 Å². The summed E-state index contributed by atoms with van der Waals surface area (Å²) in [5, 5.41) is 3.44. The second kappa shape index (κ2) is 6.77. The minimum atomic E-state index is 0.428. The molecule has 3 heteroatoms. The third-order valence-corrected chi connectivity index (χ3v) is 4.31. The van der Waals surface area contributed by atoms with Gasteiger partial charge in [-0.25, -0.2) is 0 Å². The SMILES string of the molecule is CCC(CC)C(NC)c1ccc(Br)cc1Br. The Hall–Kier alpha value is 0.140. The van der Waals surface area contributed by atoms with Gasteiger partial charge in [0.1, 0.15) is 0 Å². The molecule has 0 aliphatic heterocycles. The van der Waals surface area contributed by atoms with Crippen LogP contribution in [0.2, 0.25) is 0 Å². The summed E-state index contributed by atoms with van der Waals surface area (Å²) in [4.78, 5) is 0. The van der Waals surface area contributed by atoms with Crippen molar-refractivity contribution in [3.8, 4) is 0 Å². The number of rotatable bonds is 5. The van der Waals surface area contributed by atoms with E-state index >= 15 is 0 Å². The molecule has 1 nitrogen and oxygen atoms in total. The van der Waals surface area contributed by atoms with Crippen LogP contribution in [0.5, 0.6) is 0 Å². The van der Waals surface area contributed by atoms with Crippen LogP contribution < -0.4 is 5.32 Å². The van der Waals surface area contributed by atoms with Crippen molar-refractivity contribution in [2.75, 3.05) is 7.05 Å². The topological polar surface area (TPSA) is 12.0 Å². The maximum Gasteiger partial charge on any atom is 0.0357 e. The highest BCUT2D eigenvalue weighted by Gasteiger charge is 2.20. The smallest absolute Gasteiger partial charge is 0.0357 e.